The first-order valence-electron chi connectivity index (χ1n) is 31.4. The number of ether oxygens (including phenoxy) is 5. The highest BCUT2D eigenvalue weighted by Gasteiger charge is 2.28. The van der Waals surface area contributed by atoms with Crippen molar-refractivity contribution in [3.05, 3.63) is 193 Å². The van der Waals surface area contributed by atoms with Gasteiger partial charge in [-0.15, -0.1) is 82.0 Å². The lowest BCUT2D eigenvalue weighted by atomic mass is 9.86. The summed E-state index contributed by atoms with van der Waals surface area (Å²) in [6.45, 7) is 9.18. The van der Waals surface area contributed by atoms with Gasteiger partial charge in [-0.3, -0.25) is 24.4 Å². The van der Waals surface area contributed by atoms with Crippen molar-refractivity contribution in [3.63, 3.8) is 0 Å². The van der Waals surface area contributed by atoms with Crippen molar-refractivity contribution in [3.8, 4) is 0 Å². The van der Waals surface area contributed by atoms with Gasteiger partial charge in [-0.1, -0.05) is 142 Å². The number of thiazole rings is 3. The molecule has 0 unspecified atom stereocenters. The second-order valence-corrected chi connectivity index (χ2v) is 26.3. The minimum atomic E-state index is -0.813. The standard InChI is InChI=1S/C37H47N5O5S2.C29H36N2O4S.C5H10O3.2HI/c1-26(2)35-39-31(24-48-35)21-42(3)36(44)41-33(23-46-4)34(43)19-29(17-27-11-7-5-8-12-27)15-16-30(18-28-13-9-6-10-14-28)40-37(45)47-22-32-20-38-25-49-32;1-22(19-34-2)28(32)17-25(15-23-9-5-3-6-10-23)13-14-26(16-24-11-7-4-8-12-24)31-29(33)35-20-27-18-30-21-36-27;1-4(3-8-2)5(6)7;;/h5-14,20,24-26,29-30,33H,15-19,21-23H2,1-4H3,(H,40,45)(H,41,44);3-12,18,21-22,25-26H,13-17,19-20H2,1-2H3,(H,31,33);4H,3H2,1-2H3,(H,6,7);2*1H/t29-,30-,33+;22-,25+,26+;4-;;/m100../s1. The van der Waals surface area contributed by atoms with E-state index >= 15 is 0 Å². The van der Waals surface area contributed by atoms with Crippen LogP contribution in [0.1, 0.15) is 115 Å². The maximum Gasteiger partial charge on any atom is 0.407 e. The Morgan fingerprint density at radius 1 is 0.526 bits per heavy atom. The molecule has 0 aliphatic carbocycles. The van der Waals surface area contributed by atoms with Gasteiger partial charge in [0.1, 0.15) is 25.0 Å². The molecule has 7 rings (SSSR count). The average Bonchev–Trinajstić information content (AvgIpc) is 1.96. The van der Waals surface area contributed by atoms with E-state index in [9.17, 15) is 28.8 Å². The number of urea groups is 1. The molecule has 4 amide bonds. The number of hydrogen-bond acceptors (Lipinski definition) is 17. The fraction of sp³-hybridized carbons (Fsp3) is 0.451. The molecular weight excluding hydrogens is 1490 g/mol. The number of hydrogen-bond donors (Lipinski definition) is 4. The molecular formula is C71H95I2N7O12S3. The van der Waals surface area contributed by atoms with Crippen molar-refractivity contribution in [1.82, 2.24) is 35.8 Å². The SMILES string of the molecule is COC[C@H](C)C(=O)C[C@H](CC[C@H](Cc1ccccc1)NC(=O)OCc1cncs1)Cc1ccccc1.COC[C@H](C)C(=O)O.COC[C@H](NC(=O)N(C)Cc1csc(C(C)C)n1)C(=O)C[C@H](CC[C@H](Cc1ccccc1)NC(=O)OCc1cncs1)Cc1ccccc1.I.I. The number of alkyl carbamates (subject to hydrolysis) is 2. The van der Waals surface area contributed by atoms with Crippen LogP contribution in [0.2, 0.25) is 0 Å². The molecule has 7 aromatic rings. The maximum atomic E-state index is 13.8. The number of benzene rings is 4. The summed E-state index contributed by atoms with van der Waals surface area (Å²) in [5.41, 5.74) is 8.81. The van der Waals surface area contributed by atoms with Gasteiger partial charge in [0.2, 0.25) is 0 Å². The molecule has 0 saturated carbocycles. The molecule has 0 spiro atoms. The Morgan fingerprint density at radius 2 is 0.937 bits per heavy atom. The highest BCUT2D eigenvalue weighted by atomic mass is 127. The van der Waals surface area contributed by atoms with Gasteiger partial charge in [0, 0.05) is 82.9 Å². The number of halogens is 2. The summed E-state index contributed by atoms with van der Waals surface area (Å²) in [4.78, 5) is 91.3. The summed E-state index contributed by atoms with van der Waals surface area (Å²) in [6.07, 6.45) is 8.87. The third kappa shape index (κ3) is 34.0. The van der Waals surface area contributed by atoms with E-state index in [1.54, 1.807) is 55.8 Å². The second-order valence-electron chi connectivity index (χ2n) is 23.5. The number of aliphatic carboxylic acids is 1. The van der Waals surface area contributed by atoms with Gasteiger partial charge in [-0.2, -0.15) is 0 Å². The van der Waals surface area contributed by atoms with E-state index in [4.69, 9.17) is 24.1 Å². The Balaban J connectivity index is 0.000000450. The first-order valence-corrected chi connectivity index (χ1v) is 34.0. The molecule has 518 valence electrons. The normalized spacial score (nSPS) is 12.9. The molecule has 19 nitrogen and oxygen atoms in total. The number of methoxy groups -OCH3 is 3. The number of ketones is 2. The molecule has 0 radical (unpaired) electrons. The number of carbonyl (C=O) groups excluding carboxylic acids is 5. The number of carbonyl (C=O) groups is 6. The highest BCUT2D eigenvalue weighted by Crippen LogP contribution is 2.25. The predicted octanol–water partition coefficient (Wildman–Crippen LogP) is 14.5. The fourth-order valence-electron chi connectivity index (χ4n) is 10.1. The predicted molar refractivity (Wildman–Crippen MR) is 396 cm³/mol. The van der Waals surface area contributed by atoms with Crippen LogP contribution in [-0.2, 0) is 83.5 Å². The smallest absolute Gasteiger partial charge is 0.407 e. The van der Waals surface area contributed by atoms with E-state index < -0.39 is 24.2 Å². The summed E-state index contributed by atoms with van der Waals surface area (Å²) in [7, 11) is 6.32. The van der Waals surface area contributed by atoms with Gasteiger partial charge in [0.25, 0.3) is 0 Å². The molecule has 7 atom stereocenters. The highest BCUT2D eigenvalue weighted by molar-refractivity contribution is 14.0. The van der Waals surface area contributed by atoms with Crippen LogP contribution in [0.15, 0.2) is 150 Å². The van der Waals surface area contributed by atoms with Gasteiger partial charge >= 0.3 is 24.2 Å². The van der Waals surface area contributed by atoms with Crippen molar-refractivity contribution in [2.45, 2.75) is 136 Å². The minimum absolute atomic E-state index is 0. The zero-order valence-electron chi connectivity index (χ0n) is 55.6. The number of nitrogens with zero attached hydrogens (tertiary/aromatic N) is 4. The molecule has 3 heterocycles. The first kappa shape index (κ1) is 83.0. The lowest BCUT2D eigenvalue weighted by Gasteiger charge is -2.25. The number of nitrogens with one attached hydrogen (secondary N) is 3. The van der Waals surface area contributed by atoms with Crippen molar-refractivity contribution >= 4 is 118 Å². The van der Waals surface area contributed by atoms with Gasteiger partial charge < -0.3 is 49.6 Å². The molecule has 3 aromatic heterocycles. The summed E-state index contributed by atoms with van der Waals surface area (Å²) < 4.78 is 26.1. The lowest BCUT2D eigenvalue weighted by Crippen LogP contribution is -2.49. The van der Waals surface area contributed by atoms with Gasteiger partial charge in [0.05, 0.1) is 63.8 Å². The second kappa shape index (κ2) is 47.6. The van der Waals surface area contributed by atoms with Crippen molar-refractivity contribution < 1.29 is 57.6 Å². The van der Waals surface area contributed by atoms with Crippen molar-refractivity contribution in [2.75, 3.05) is 48.2 Å². The Morgan fingerprint density at radius 3 is 1.31 bits per heavy atom. The first-order chi connectivity index (χ1) is 44.9. The van der Waals surface area contributed by atoms with Gasteiger partial charge in [0.15, 0.2) is 5.78 Å². The van der Waals surface area contributed by atoms with Crippen LogP contribution < -0.4 is 16.0 Å². The number of aromatic nitrogens is 3. The van der Waals surface area contributed by atoms with E-state index in [2.05, 4.69) is 85.9 Å². The number of carboxylic acid groups (broad SMARTS) is 1. The van der Waals surface area contributed by atoms with Crippen LogP contribution in [-0.4, -0.2) is 127 Å². The number of carboxylic acids is 1. The van der Waals surface area contributed by atoms with E-state index in [0.717, 1.165) is 56.4 Å². The number of Topliss-reactive ketones (excluding diaryl/α,β-unsaturated/α-hetero) is 2. The summed E-state index contributed by atoms with van der Waals surface area (Å²) in [5.74, 6) is -0.766. The van der Waals surface area contributed by atoms with E-state index in [0.29, 0.717) is 57.6 Å². The average molecular weight is 1590 g/mol. The third-order valence-corrected chi connectivity index (χ3v) is 17.8. The Kier molecular flexibility index (Phi) is 41.6. The molecule has 95 heavy (non-hydrogen) atoms. The van der Waals surface area contributed by atoms with E-state index in [1.165, 1.54) is 47.4 Å². The minimum Gasteiger partial charge on any atom is -0.481 e. The quantitative estimate of drug-likeness (QED) is 0.0264. The van der Waals surface area contributed by atoms with Crippen LogP contribution in [0.4, 0.5) is 14.4 Å². The summed E-state index contributed by atoms with van der Waals surface area (Å²) in [6, 6.07) is 39.0. The van der Waals surface area contributed by atoms with Crippen LogP contribution in [0.25, 0.3) is 0 Å². The maximum absolute atomic E-state index is 13.8. The monoisotopic (exact) mass is 1590 g/mol. The molecule has 0 bridgehead atoms. The third-order valence-electron chi connectivity index (χ3n) is 15.1. The Labute approximate surface area is 606 Å². The van der Waals surface area contributed by atoms with Crippen LogP contribution in [0.5, 0.6) is 0 Å². The van der Waals surface area contributed by atoms with Crippen molar-refractivity contribution in [2.24, 2.45) is 23.7 Å². The Bertz CT molecular complexity index is 3210. The molecule has 24 heteroatoms. The molecule has 0 aliphatic rings. The summed E-state index contributed by atoms with van der Waals surface area (Å²) >= 11 is 4.47. The number of rotatable bonds is 37. The van der Waals surface area contributed by atoms with Gasteiger partial charge in [-0.25, -0.2) is 19.4 Å². The van der Waals surface area contributed by atoms with Gasteiger partial charge in [-0.05, 0) is 92.4 Å². The fourth-order valence-corrected chi connectivity index (χ4v) is 11.9. The van der Waals surface area contributed by atoms with Crippen LogP contribution >= 0.6 is 82.0 Å². The zero-order chi connectivity index (χ0) is 67.2. The number of amides is 4. The zero-order valence-corrected chi connectivity index (χ0v) is 62.7. The lowest BCUT2D eigenvalue weighted by molar-refractivity contribution is -0.142. The van der Waals surface area contributed by atoms with E-state index in [1.807, 2.05) is 97.2 Å². The molecule has 4 aromatic carbocycles. The Hall–Kier alpha value is -6.27. The van der Waals surface area contributed by atoms with Crippen LogP contribution in [0.3, 0.4) is 0 Å². The molecule has 0 aliphatic heterocycles. The molecule has 0 saturated heterocycles. The molecule has 0 fully saturated rings. The molecule has 4 N–H and O–H groups in total. The van der Waals surface area contributed by atoms with Crippen molar-refractivity contribution in [1.29, 1.82) is 0 Å². The van der Waals surface area contributed by atoms with Crippen LogP contribution in [0, 0.1) is 23.7 Å². The topological polar surface area (TPSA) is 247 Å². The largest absolute Gasteiger partial charge is 0.481 e. The van der Waals surface area contributed by atoms with E-state index in [-0.39, 0.29) is 134 Å². The summed E-state index contributed by atoms with van der Waals surface area (Å²) in [5, 5.41) is 20.2.